The highest BCUT2D eigenvalue weighted by atomic mass is 35.5. The Bertz CT molecular complexity index is 1160. The third-order valence-electron chi connectivity index (χ3n) is 5.12. The molecule has 0 spiro atoms. The minimum Gasteiger partial charge on any atom is -0.300 e. The number of halogens is 1. The highest BCUT2D eigenvalue weighted by Gasteiger charge is 2.32. The average molecular weight is 509 g/mol. The van der Waals surface area contributed by atoms with Crippen molar-refractivity contribution in [2.24, 2.45) is 5.92 Å². The van der Waals surface area contributed by atoms with Crippen molar-refractivity contribution in [3.8, 4) is 0 Å². The molecule has 1 fully saturated rings. The van der Waals surface area contributed by atoms with Crippen LogP contribution in [0.3, 0.4) is 0 Å². The first-order valence-electron chi connectivity index (χ1n) is 9.98. The van der Waals surface area contributed by atoms with E-state index in [1.807, 2.05) is 18.2 Å². The van der Waals surface area contributed by atoms with E-state index in [0.717, 1.165) is 10.1 Å². The van der Waals surface area contributed by atoms with E-state index >= 15 is 0 Å². The van der Waals surface area contributed by atoms with Crippen LogP contribution < -0.4 is 5.32 Å². The van der Waals surface area contributed by atoms with Crippen LogP contribution in [0.25, 0.3) is 0 Å². The van der Waals surface area contributed by atoms with Gasteiger partial charge in [-0.25, -0.2) is 8.42 Å². The SMILES string of the molecule is O=C(Nc1nnc(SCc2ccccc2)s1)C1CCN(S(=O)(=O)c2ccc(Cl)cc2)CC1. The molecule has 0 aliphatic carbocycles. The average Bonchev–Trinajstić information content (AvgIpc) is 3.26. The van der Waals surface area contributed by atoms with Gasteiger partial charge in [-0.05, 0) is 42.7 Å². The fourth-order valence-electron chi connectivity index (χ4n) is 3.36. The lowest BCUT2D eigenvalue weighted by Gasteiger charge is -2.30. The van der Waals surface area contributed by atoms with Crippen LogP contribution in [0, 0.1) is 5.92 Å². The van der Waals surface area contributed by atoms with Crippen molar-refractivity contribution in [3.63, 3.8) is 0 Å². The van der Waals surface area contributed by atoms with Gasteiger partial charge in [0, 0.05) is 29.8 Å². The molecule has 168 valence electrons. The predicted octanol–water partition coefficient (Wildman–Crippen LogP) is 4.52. The molecular weight excluding hydrogens is 488 g/mol. The number of nitrogens with zero attached hydrogens (tertiary/aromatic N) is 3. The normalized spacial score (nSPS) is 15.5. The molecule has 0 saturated carbocycles. The van der Waals surface area contributed by atoms with Crippen LogP contribution in [-0.4, -0.2) is 41.9 Å². The van der Waals surface area contributed by atoms with Crippen molar-refractivity contribution in [1.82, 2.24) is 14.5 Å². The van der Waals surface area contributed by atoms with Crippen molar-refractivity contribution in [1.29, 1.82) is 0 Å². The summed E-state index contributed by atoms with van der Waals surface area (Å²) >= 11 is 8.76. The van der Waals surface area contributed by atoms with Crippen molar-refractivity contribution >= 4 is 55.8 Å². The summed E-state index contributed by atoms with van der Waals surface area (Å²) in [5.41, 5.74) is 1.19. The van der Waals surface area contributed by atoms with Crippen LogP contribution >= 0.6 is 34.7 Å². The van der Waals surface area contributed by atoms with Gasteiger partial charge in [0.2, 0.25) is 21.1 Å². The van der Waals surface area contributed by atoms with Gasteiger partial charge < -0.3 is 5.32 Å². The number of aromatic nitrogens is 2. The van der Waals surface area contributed by atoms with Crippen LogP contribution in [0.1, 0.15) is 18.4 Å². The molecule has 2 aromatic carbocycles. The largest absolute Gasteiger partial charge is 0.300 e. The Morgan fingerprint density at radius 3 is 2.47 bits per heavy atom. The van der Waals surface area contributed by atoms with Crippen LogP contribution in [0.5, 0.6) is 0 Å². The monoisotopic (exact) mass is 508 g/mol. The Kier molecular flexibility index (Phi) is 7.47. The van der Waals surface area contributed by atoms with Gasteiger partial charge in [-0.2, -0.15) is 4.31 Å². The number of hydrogen-bond acceptors (Lipinski definition) is 7. The molecule has 2 heterocycles. The summed E-state index contributed by atoms with van der Waals surface area (Å²) in [5.74, 6) is 0.365. The van der Waals surface area contributed by atoms with Gasteiger partial charge in [0.1, 0.15) is 0 Å². The summed E-state index contributed by atoms with van der Waals surface area (Å²) in [7, 11) is -3.59. The number of piperidine rings is 1. The lowest BCUT2D eigenvalue weighted by atomic mass is 9.97. The van der Waals surface area contributed by atoms with E-state index in [1.165, 1.54) is 33.3 Å². The van der Waals surface area contributed by atoms with Gasteiger partial charge in [-0.3, -0.25) is 4.79 Å². The number of amides is 1. The topological polar surface area (TPSA) is 92.3 Å². The van der Waals surface area contributed by atoms with Crippen LogP contribution in [0.4, 0.5) is 5.13 Å². The second-order valence-corrected chi connectivity index (χ2v) is 11.8. The zero-order valence-electron chi connectivity index (χ0n) is 17.0. The Morgan fingerprint density at radius 2 is 1.78 bits per heavy atom. The number of nitrogens with one attached hydrogen (secondary N) is 1. The van der Waals surface area contributed by atoms with Crippen LogP contribution in [0.2, 0.25) is 5.02 Å². The number of thioether (sulfide) groups is 1. The van der Waals surface area contributed by atoms with E-state index in [1.54, 1.807) is 23.9 Å². The number of carbonyl (C=O) groups is 1. The number of benzene rings is 2. The first-order valence-corrected chi connectivity index (χ1v) is 13.6. The molecule has 0 unspecified atom stereocenters. The molecular formula is C21H21ClN4O3S3. The van der Waals surface area contributed by atoms with Crippen molar-refractivity contribution in [3.05, 3.63) is 65.2 Å². The van der Waals surface area contributed by atoms with E-state index in [4.69, 9.17) is 11.6 Å². The number of carbonyl (C=O) groups excluding carboxylic acids is 1. The molecule has 4 rings (SSSR count). The van der Waals surface area contributed by atoms with Crippen molar-refractivity contribution in [2.75, 3.05) is 18.4 Å². The van der Waals surface area contributed by atoms with Crippen LogP contribution in [-0.2, 0) is 20.6 Å². The maximum absolute atomic E-state index is 12.8. The molecule has 1 aliphatic heterocycles. The molecule has 3 aromatic rings. The van der Waals surface area contributed by atoms with Gasteiger partial charge >= 0.3 is 0 Å². The maximum atomic E-state index is 12.8. The first kappa shape index (κ1) is 23.2. The molecule has 1 amide bonds. The molecule has 7 nitrogen and oxygen atoms in total. The van der Waals surface area contributed by atoms with E-state index in [9.17, 15) is 13.2 Å². The van der Waals surface area contributed by atoms with Gasteiger partial charge in [0.05, 0.1) is 4.90 Å². The van der Waals surface area contributed by atoms with E-state index in [0.29, 0.717) is 23.0 Å². The molecule has 1 aliphatic rings. The fourth-order valence-corrected chi connectivity index (χ4v) is 6.67. The Labute approximate surface area is 200 Å². The molecule has 0 radical (unpaired) electrons. The molecule has 0 atom stereocenters. The molecule has 0 bridgehead atoms. The number of rotatable bonds is 7. The molecule has 1 saturated heterocycles. The van der Waals surface area contributed by atoms with E-state index in [-0.39, 0.29) is 29.8 Å². The molecule has 32 heavy (non-hydrogen) atoms. The number of anilines is 1. The molecule has 11 heteroatoms. The minimum atomic E-state index is -3.59. The highest BCUT2D eigenvalue weighted by molar-refractivity contribution is 8.00. The third-order valence-corrected chi connectivity index (χ3v) is 9.33. The van der Waals surface area contributed by atoms with Gasteiger partial charge in [-0.15, -0.1) is 10.2 Å². The number of hydrogen-bond donors (Lipinski definition) is 1. The summed E-state index contributed by atoms with van der Waals surface area (Å²) in [6, 6.07) is 16.2. The van der Waals surface area contributed by atoms with Crippen LogP contribution in [0.15, 0.2) is 63.8 Å². The lowest BCUT2D eigenvalue weighted by molar-refractivity contribution is -0.120. The highest BCUT2D eigenvalue weighted by Crippen LogP contribution is 2.30. The second-order valence-electron chi connectivity index (χ2n) is 7.27. The summed E-state index contributed by atoms with van der Waals surface area (Å²) in [4.78, 5) is 12.9. The van der Waals surface area contributed by atoms with E-state index < -0.39 is 10.0 Å². The lowest BCUT2D eigenvalue weighted by Crippen LogP contribution is -2.41. The summed E-state index contributed by atoms with van der Waals surface area (Å²) in [6.07, 6.45) is 0.903. The zero-order chi connectivity index (χ0) is 22.6. The first-order chi connectivity index (χ1) is 15.4. The Morgan fingerprint density at radius 1 is 1.09 bits per heavy atom. The standard InChI is InChI=1S/C21H21ClN4O3S3/c22-17-6-8-18(9-7-17)32(28,29)26-12-10-16(11-13-26)19(27)23-20-24-25-21(31-20)30-14-15-4-2-1-3-5-15/h1-9,16H,10-14H2,(H,23,24,27). The van der Waals surface area contributed by atoms with Gasteiger partial charge in [0.15, 0.2) is 4.34 Å². The van der Waals surface area contributed by atoms with Crippen molar-refractivity contribution in [2.45, 2.75) is 27.8 Å². The second kappa shape index (κ2) is 10.3. The maximum Gasteiger partial charge on any atom is 0.243 e. The minimum absolute atomic E-state index is 0.149. The number of sulfonamides is 1. The smallest absolute Gasteiger partial charge is 0.243 e. The fraction of sp³-hybridized carbons (Fsp3) is 0.286. The third kappa shape index (κ3) is 5.68. The van der Waals surface area contributed by atoms with Gasteiger partial charge in [-0.1, -0.05) is 65.0 Å². The Balaban J connectivity index is 1.28. The Hall–Kier alpha value is -1.98. The summed E-state index contributed by atoms with van der Waals surface area (Å²) < 4.78 is 27.8. The predicted molar refractivity (Wildman–Crippen MR) is 127 cm³/mol. The summed E-state index contributed by atoms with van der Waals surface area (Å²) in [5, 5.41) is 12.0. The molecule has 1 N–H and O–H groups in total. The van der Waals surface area contributed by atoms with E-state index in [2.05, 4.69) is 27.6 Å². The zero-order valence-corrected chi connectivity index (χ0v) is 20.2. The molecule has 1 aromatic heterocycles. The van der Waals surface area contributed by atoms with Crippen molar-refractivity contribution < 1.29 is 13.2 Å². The quantitative estimate of drug-likeness (QED) is 0.372. The summed E-state index contributed by atoms with van der Waals surface area (Å²) in [6.45, 7) is 0.578. The van der Waals surface area contributed by atoms with Gasteiger partial charge in [0.25, 0.3) is 0 Å².